The summed E-state index contributed by atoms with van der Waals surface area (Å²) < 4.78 is 0.861. The zero-order chi connectivity index (χ0) is 19.2. The standard InChI is InChI=1S/C20H32BrN5O/c1-2-18(22)25-20(27)17-12-14(21)13-23-19(17)26-10-8-16(9-11-26)24-15-6-4-3-5-7-15/h12-13,15-16,18,24H,2-11,22H2,1H3,(H,25,27)/p+1. The number of hydrogen-bond acceptors (Lipinski definition) is 5. The highest BCUT2D eigenvalue weighted by molar-refractivity contribution is 9.10. The minimum atomic E-state index is -0.338. The number of aromatic nitrogens is 1. The zero-order valence-corrected chi connectivity index (χ0v) is 17.8. The van der Waals surface area contributed by atoms with Crippen molar-refractivity contribution in [3.05, 3.63) is 22.3 Å². The summed E-state index contributed by atoms with van der Waals surface area (Å²) in [6.07, 6.45) is 11.2. The molecule has 1 saturated carbocycles. The van der Waals surface area contributed by atoms with Gasteiger partial charge in [0.25, 0.3) is 0 Å². The Morgan fingerprint density at radius 2 is 1.96 bits per heavy atom. The van der Waals surface area contributed by atoms with Crippen LogP contribution in [0.1, 0.15) is 63.9 Å². The number of nitrogens with zero attached hydrogens (tertiary/aromatic N) is 3. The van der Waals surface area contributed by atoms with Crippen LogP contribution in [0, 0.1) is 0 Å². The Bertz CT molecular complexity index is 639. The molecule has 0 aromatic carbocycles. The molecule has 7 heteroatoms. The Labute approximate surface area is 170 Å². The minimum absolute atomic E-state index is 0.218. The van der Waals surface area contributed by atoms with E-state index >= 15 is 0 Å². The van der Waals surface area contributed by atoms with E-state index in [0.29, 0.717) is 12.1 Å². The maximum atomic E-state index is 8.38. The van der Waals surface area contributed by atoms with E-state index in [4.69, 9.17) is 10.8 Å². The topological polar surface area (TPSA) is 89.4 Å². The molecule has 1 unspecified atom stereocenters. The number of nitrogens with two attached hydrogens (primary N) is 1. The van der Waals surface area contributed by atoms with Crippen LogP contribution in [0.4, 0.5) is 5.82 Å². The Morgan fingerprint density at radius 1 is 1.30 bits per heavy atom. The second-order valence-corrected chi connectivity index (χ2v) is 8.66. The van der Waals surface area contributed by atoms with Gasteiger partial charge in [-0.15, -0.1) is 0 Å². The first-order valence-electron chi connectivity index (χ1n) is 10.3. The molecule has 1 aliphatic heterocycles. The van der Waals surface area contributed by atoms with E-state index in [1.165, 1.54) is 32.1 Å². The van der Waals surface area contributed by atoms with Crippen LogP contribution in [0.25, 0.3) is 0 Å². The molecule has 2 aliphatic rings. The third kappa shape index (κ3) is 5.65. The second-order valence-electron chi connectivity index (χ2n) is 7.74. The molecule has 5 N–H and O–H groups in total. The van der Waals surface area contributed by atoms with Gasteiger partial charge < -0.3 is 21.1 Å². The summed E-state index contributed by atoms with van der Waals surface area (Å²) in [6.45, 7) is 3.89. The first-order chi connectivity index (χ1) is 13.1. The minimum Gasteiger partial charge on any atom is -0.578 e. The van der Waals surface area contributed by atoms with Crippen LogP contribution in [0.15, 0.2) is 21.7 Å². The molecule has 3 rings (SSSR count). The number of halogens is 1. The molecule has 27 heavy (non-hydrogen) atoms. The number of rotatable bonds is 6. The lowest BCUT2D eigenvalue weighted by atomic mass is 9.93. The van der Waals surface area contributed by atoms with Crippen LogP contribution in [-0.2, 0) is 0 Å². The fourth-order valence-electron chi connectivity index (χ4n) is 4.05. The Kier molecular flexibility index (Phi) is 7.49. The van der Waals surface area contributed by atoms with E-state index in [1.54, 1.807) is 6.20 Å². The summed E-state index contributed by atoms with van der Waals surface area (Å²) in [6, 6.07) is 3.24. The van der Waals surface area contributed by atoms with Gasteiger partial charge in [0.1, 0.15) is 17.5 Å². The lowest BCUT2D eigenvalue weighted by Crippen LogP contribution is -2.47. The van der Waals surface area contributed by atoms with E-state index in [0.717, 1.165) is 48.2 Å². The normalized spacial score (nSPS) is 21.4. The lowest BCUT2D eigenvalue weighted by Gasteiger charge is -2.36. The Hall–Kier alpha value is -1.18. The molecule has 1 atom stereocenters. The predicted molar refractivity (Wildman–Crippen MR) is 116 cm³/mol. The molecular formula is C20H33BrN5O+. The maximum Gasteiger partial charge on any atom is 0.365 e. The molecule has 0 amide bonds. The van der Waals surface area contributed by atoms with Crippen molar-refractivity contribution in [1.29, 1.82) is 0 Å². The van der Waals surface area contributed by atoms with Crippen molar-refractivity contribution in [2.45, 2.75) is 76.5 Å². The van der Waals surface area contributed by atoms with Crippen molar-refractivity contribution in [3.63, 3.8) is 0 Å². The molecule has 2 heterocycles. The number of nitrogens with one attached hydrogen (secondary N) is 1. The Morgan fingerprint density at radius 3 is 2.63 bits per heavy atom. The average molecular weight is 439 g/mol. The largest absolute Gasteiger partial charge is 0.578 e. The van der Waals surface area contributed by atoms with Gasteiger partial charge in [-0.1, -0.05) is 26.2 Å². The molecular weight excluding hydrogens is 406 g/mol. The fourth-order valence-corrected chi connectivity index (χ4v) is 4.38. The van der Waals surface area contributed by atoms with E-state index < -0.39 is 0 Å². The van der Waals surface area contributed by atoms with Crippen LogP contribution >= 0.6 is 15.9 Å². The van der Waals surface area contributed by atoms with Gasteiger partial charge in [0.15, 0.2) is 0 Å². The SMILES string of the molecule is CCC(N)/N=C(\[OH2+])c1cc(Br)cnc1N1CCC(NC2CCCCC2)CC1. The quantitative estimate of drug-likeness (QED) is 0.405. The van der Waals surface area contributed by atoms with Crippen LogP contribution in [0.5, 0.6) is 0 Å². The number of hydrogen-bond donors (Lipinski definition) is 2. The summed E-state index contributed by atoms with van der Waals surface area (Å²) in [5, 5.41) is 12.3. The predicted octanol–water partition coefficient (Wildman–Crippen LogP) is 2.90. The van der Waals surface area contributed by atoms with Crippen molar-refractivity contribution in [1.82, 2.24) is 10.3 Å². The molecule has 1 aliphatic carbocycles. The first-order valence-corrected chi connectivity index (χ1v) is 11.1. The van der Waals surface area contributed by atoms with Crippen LogP contribution < -0.4 is 16.0 Å². The van der Waals surface area contributed by atoms with Crippen LogP contribution in [0.3, 0.4) is 0 Å². The highest BCUT2D eigenvalue weighted by Gasteiger charge is 2.27. The highest BCUT2D eigenvalue weighted by Crippen LogP contribution is 2.26. The third-order valence-corrected chi connectivity index (χ3v) is 6.11. The molecule has 2 fully saturated rings. The smallest absolute Gasteiger partial charge is 0.365 e. The van der Waals surface area contributed by atoms with Crippen LogP contribution in [0.2, 0.25) is 0 Å². The Balaban J connectivity index is 1.66. The number of piperidine rings is 1. The van der Waals surface area contributed by atoms with Crippen LogP contribution in [-0.4, -0.2) is 47.3 Å². The second kappa shape index (κ2) is 9.85. The van der Waals surface area contributed by atoms with Crippen molar-refractivity contribution < 1.29 is 5.11 Å². The molecule has 1 aromatic rings. The fraction of sp³-hybridized carbons (Fsp3) is 0.700. The lowest BCUT2D eigenvalue weighted by molar-refractivity contribution is 0.307. The molecule has 1 aromatic heterocycles. The number of pyridine rings is 1. The number of aliphatic imine (C=N–C) groups is 1. The van der Waals surface area contributed by atoms with Gasteiger partial charge in [-0.25, -0.2) is 4.98 Å². The van der Waals surface area contributed by atoms with Gasteiger partial charge in [-0.3, -0.25) is 0 Å². The molecule has 0 bridgehead atoms. The monoisotopic (exact) mass is 438 g/mol. The first kappa shape index (κ1) is 20.6. The summed E-state index contributed by atoms with van der Waals surface area (Å²) in [5.74, 6) is 1.07. The van der Waals surface area contributed by atoms with Crippen molar-refractivity contribution in [3.8, 4) is 0 Å². The molecule has 0 spiro atoms. The zero-order valence-electron chi connectivity index (χ0n) is 16.3. The van der Waals surface area contributed by atoms with Gasteiger partial charge in [0, 0.05) is 35.8 Å². The van der Waals surface area contributed by atoms with Crippen molar-refractivity contribution in [2.75, 3.05) is 18.0 Å². The molecule has 150 valence electrons. The summed E-state index contributed by atoms with van der Waals surface area (Å²) in [5.41, 5.74) is 6.68. The van der Waals surface area contributed by atoms with Gasteiger partial charge in [-0.05, 0) is 54.1 Å². The van der Waals surface area contributed by atoms with Gasteiger partial charge in [0.2, 0.25) is 0 Å². The maximum absolute atomic E-state index is 8.38. The van der Waals surface area contributed by atoms with Gasteiger partial charge in [-0.2, -0.15) is 4.99 Å². The number of anilines is 1. The molecule has 1 saturated heterocycles. The van der Waals surface area contributed by atoms with Gasteiger partial charge >= 0.3 is 5.90 Å². The summed E-state index contributed by atoms with van der Waals surface area (Å²) >= 11 is 3.48. The van der Waals surface area contributed by atoms with Crippen molar-refractivity contribution >= 4 is 27.6 Å². The molecule has 6 nitrogen and oxygen atoms in total. The summed E-state index contributed by atoms with van der Waals surface area (Å²) in [4.78, 5) is 11.2. The van der Waals surface area contributed by atoms with Gasteiger partial charge in [0.05, 0.1) is 0 Å². The summed E-state index contributed by atoms with van der Waals surface area (Å²) in [7, 11) is 0. The van der Waals surface area contributed by atoms with E-state index in [2.05, 4.69) is 36.1 Å². The van der Waals surface area contributed by atoms with Crippen molar-refractivity contribution in [2.24, 2.45) is 10.7 Å². The third-order valence-electron chi connectivity index (χ3n) is 5.67. The highest BCUT2D eigenvalue weighted by atomic mass is 79.9. The van der Waals surface area contributed by atoms with E-state index in [-0.39, 0.29) is 12.1 Å². The average Bonchev–Trinajstić information content (AvgIpc) is 2.69. The van der Waals surface area contributed by atoms with E-state index in [1.807, 2.05) is 13.0 Å². The molecule has 0 radical (unpaired) electrons. The van der Waals surface area contributed by atoms with E-state index in [9.17, 15) is 0 Å².